The third kappa shape index (κ3) is 2.08. The highest BCUT2D eigenvalue weighted by atomic mass is 16.5. The van der Waals surface area contributed by atoms with Gasteiger partial charge in [-0.15, -0.1) is 0 Å². The molecule has 3 saturated heterocycles. The molecule has 1 spiro atoms. The fourth-order valence-electron chi connectivity index (χ4n) is 3.59. The summed E-state index contributed by atoms with van der Waals surface area (Å²) in [5, 5.41) is 0. The van der Waals surface area contributed by atoms with E-state index in [0.717, 1.165) is 39.1 Å². The van der Waals surface area contributed by atoms with Crippen molar-refractivity contribution >= 4 is 5.91 Å². The van der Waals surface area contributed by atoms with Gasteiger partial charge in [-0.3, -0.25) is 4.79 Å². The summed E-state index contributed by atoms with van der Waals surface area (Å²) in [6.45, 7) is 4.99. The van der Waals surface area contributed by atoms with Crippen LogP contribution in [0.4, 0.5) is 0 Å². The Hall–Kier alpha value is -0.610. The van der Waals surface area contributed by atoms with Gasteiger partial charge in [0, 0.05) is 31.7 Å². The summed E-state index contributed by atoms with van der Waals surface area (Å²) in [5.41, 5.74) is 0.392. The van der Waals surface area contributed by atoms with Crippen molar-refractivity contribution in [3.8, 4) is 0 Å². The van der Waals surface area contributed by atoms with Gasteiger partial charge in [-0.2, -0.15) is 0 Å². The SMILES string of the molecule is CN1CC[C@]2(CCN(C(=O)[C@@H]3CCCO3)C2)C1. The Labute approximate surface area is 103 Å². The molecule has 96 valence electrons. The molecule has 3 fully saturated rings. The first-order valence-corrected chi connectivity index (χ1v) is 6.78. The van der Waals surface area contributed by atoms with Gasteiger partial charge >= 0.3 is 0 Å². The van der Waals surface area contributed by atoms with E-state index in [2.05, 4.69) is 16.8 Å². The molecule has 0 aromatic rings. The molecule has 0 unspecified atom stereocenters. The van der Waals surface area contributed by atoms with Crippen molar-refractivity contribution in [2.24, 2.45) is 5.41 Å². The summed E-state index contributed by atoms with van der Waals surface area (Å²) in [4.78, 5) is 16.7. The molecular weight excluding hydrogens is 216 g/mol. The molecule has 0 bridgehead atoms. The molecule has 4 nitrogen and oxygen atoms in total. The maximum Gasteiger partial charge on any atom is 0.251 e. The van der Waals surface area contributed by atoms with Crippen molar-refractivity contribution in [3.05, 3.63) is 0 Å². The predicted octanol–water partition coefficient (Wildman–Crippen LogP) is 0.720. The number of carbonyl (C=O) groups excluding carboxylic acids is 1. The fourth-order valence-corrected chi connectivity index (χ4v) is 3.59. The summed E-state index contributed by atoms with van der Waals surface area (Å²) in [6.07, 6.45) is 4.25. The molecule has 0 aromatic heterocycles. The lowest BCUT2D eigenvalue weighted by molar-refractivity contribution is -0.140. The minimum absolute atomic E-state index is 0.135. The van der Waals surface area contributed by atoms with Gasteiger partial charge in [-0.05, 0) is 39.3 Å². The van der Waals surface area contributed by atoms with E-state index < -0.39 is 0 Å². The molecule has 3 aliphatic heterocycles. The van der Waals surface area contributed by atoms with Gasteiger partial charge in [0.2, 0.25) is 0 Å². The number of rotatable bonds is 1. The van der Waals surface area contributed by atoms with Crippen molar-refractivity contribution in [2.75, 3.05) is 39.8 Å². The molecule has 17 heavy (non-hydrogen) atoms. The van der Waals surface area contributed by atoms with Gasteiger partial charge in [0.1, 0.15) is 6.10 Å². The Bertz CT molecular complexity index is 315. The zero-order chi connectivity index (χ0) is 11.9. The van der Waals surface area contributed by atoms with Crippen LogP contribution in [0.2, 0.25) is 0 Å². The lowest BCUT2D eigenvalue weighted by Crippen LogP contribution is -2.39. The summed E-state index contributed by atoms with van der Waals surface area (Å²) < 4.78 is 5.50. The number of amides is 1. The highest BCUT2D eigenvalue weighted by Gasteiger charge is 2.45. The molecule has 4 heteroatoms. The Morgan fingerprint density at radius 1 is 1.29 bits per heavy atom. The number of likely N-dealkylation sites (tertiary alicyclic amines) is 2. The second-order valence-electron chi connectivity index (χ2n) is 6.00. The average Bonchev–Trinajstić information content (AvgIpc) is 3.02. The van der Waals surface area contributed by atoms with Crippen LogP contribution in [-0.2, 0) is 9.53 Å². The minimum atomic E-state index is -0.135. The van der Waals surface area contributed by atoms with Crippen LogP contribution in [-0.4, -0.2) is 61.6 Å². The van der Waals surface area contributed by atoms with E-state index in [1.165, 1.54) is 19.4 Å². The van der Waals surface area contributed by atoms with Crippen LogP contribution >= 0.6 is 0 Å². The zero-order valence-corrected chi connectivity index (χ0v) is 10.7. The van der Waals surface area contributed by atoms with Gasteiger partial charge in [0.15, 0.2) is 0 Å². The van der Waals surface area contributed by atoms with Crippen LogP contribution in [0.1, 0.15) is 25.7 Å². The van der Waals surface area contributed by atoms with Gasteiger partial charge in [-0.25, -0.2) is 0 Å². The second-order valence-corrected chi connectivity index (χ2v) is 6.00. The fraction of sp³-hybridized carbons (Fsp3) is 0.923. The van der Waals surface area contributed by atoms with Crippen LogP contribution in [0.3, 0.4) is 0 Å². The first kappa shape index (κ1) is 11.5. The monoisotopic (exact) mass is 238 g/mol. The summed E-state index contributed by atoms with van der Waals surface area (Å²) in [7, 11) is 2.18. The van der Waals surface area contributed by atoms with Crippen molar-refractivity contribution in [1.29, 1.82) is 0 Å². The van der Waals surface area contributed by atoms with Crippen LogP contribution < -0.4 is 0 Å². The molecular formula is C13H22N2O2. The van der Waals surface area contributed by atoms with E-state index >= 15 is 0 Å². The lowest BCUT2D eigenvalue weighted by atomic mass is 9.86. The number of hydrogen-bond acceptors (Lipinski definition) is 3. The topological polar surface area (TPSA) is 32.8 Å². The zero-order valence-electron chi connectivity index (χ0n) is 10.7. The van der Waals surface area contributed by atoms with Crippen molar-refractivity contribution < 1.29 is 9.53 Å². The van der Waals surface area contributed by atoms with E-state index in [9.17, 15) is 4.79 Å². The quantitative estimate of drug-likeness (QED) is 0.675. The van der Waals surface area contributed by atoms with Crippen molar-refractivity contribution in [2.45, 2.75) is 31.8 Å². The maximum atomic E-state index is 12.3. The number of hydrogen-bond donors (Lipinski definition) is 0. The molecule has 2 atom stereocenters. The largest absolute Gasteiger partial charge is 0.368 e. The first-order chi connectivity index (χ1) is 8.19. The van der Waals surface area contributed by atoms with Crippen molar-refractivity contribution in [3.63, 3.8) is 0 Å². The average molecular weight is 238 g/mol. The molecule has 0 saturated carbocycles. The van der Waals surface area contributed by atoms with Gasteiger partial charge in [0.05, 0.1) is 0 Å². The normalized spacial score (nSPS) is 38.4. The number of ether oxygens (including phenoxy) is 1. The smallest absolute Gasteiger partial charge is 0.251 e. The molecule has 0 radical (unpaired) electrons. The molecule has 0 aromatic carbocycles. The molecule has 3 aliphatic rings. The maximum absolute atomic E-state index is 12.3. The predicted molar refractivity (Wildman–Crippen MR) is 64.7 cm³/mol. The molecule has 0 aliphatic carbocycles. The third-order valence-electron chi connectivity index (χ3n) is 4.58. The van der Waals surface area contributed by atoms with Crippen LogP contribution in [0, 0.1) is 5.41 Å². The molecule has 3 rings (SSSR count). The van der Waals surface area contributed by atoms with Crippen LogP contribution in [0.15, 0.2) is 0 Å². The van der Waals surface area contributed by atoms with Gasteiger partial charge < -0.3 is 14.5 Å². The van der Waals surface area contributed by atoms with E-state index in [1.807, 2.05) is 0 Å². The lowest BCUT2D eigenvalue weighted by Gasteiger charge is -2.25. The van der Waals surface area contributed by atoms with Crippen LogP contribution in [0.25, 0.3) is 0 Å². The minimum Gasteiger partial charge on any atom is -0.368 e. The molecule has 3 heterocycles. The van der Waals surface area contributed by atoms with Crippen LogP contribution in [0.5, 0.6) is 0 Å². The first-order valence-electron chi connectivity index (χ1n) is 6.78. The van der Waals surface area contributed by atoms with E-state index in [4.69, 9.17) is 4.74 Å². The number of nitrogens with zero attached hydrogens (tertiary/aromatic N) is 2. The van der Waals surface area contributed by atoms with E-state index in [1.54, 1.807) is 0 Å². The molecule has 0 N–H and O–H groups in total. The summed E-state index contributed by atoms with van der Waals surface area (Å²) >= 11 is 0. The summed E-state index contributed by atoms with van der Waals surface area (Å²) in [6, 6.07) is 0. The van der Waals surface area contributed by atoms with Gasteiger partial charge in [-0.1, -0.05) is 0 Å². The Kier molecular flexibility index (Phi) is 2.87. The highest BCUT2D eigenvalue weighted by Crippen LogP contribution is 2.39. The van der Waals surface area contributed by atoms with Crippen molar-refractivity contribution in [1.82, 2.24) is 9.80 Å². The molecule has 1 amide bonds. The van der Waals surface area contributed by atoms with E-state index in [0.29, 0.717) is 5.41 Å². The third-order valence-corrected chi connectivity index (χ3v) is 4.58. The Balaban J connectivity index is 1.61. The summed E-state index contributed by atoms with van der Waals surface area (Å²) in [5.74, 6) is 0.244. The second kappa shape index (κ2) is 4.25. The number of carbonyl (C=O) groups is 1. The highest BCUT2D eigenvalue weighted by molar-refractivity contribution is 5.81. The van der Waals surface area contributed by atoms with E-state index in [-0.39, 0.29) is 12.0 Å². The standard InChI is InChI=1S/C13H22N2O2/c1-14-6-4-13(9-14)5-7-15(10-13)12(16)11-3-2-8-17-11/h11H,2-10H2,1H3/t11-,13-/m0/s1. The van der Waals surface area contributed by atoms with Gasteiger partial charge in [0.25, 0.3) is 5.91 Å². The Morgan fingerprint density at radius 3 is 2.76 bits per heavy atom. The Morgan fingerprint density at radius 2 is 2.12 bits per heavy atom.